The molecule has 3 heterocycles. The molecule has 2 aliphatic rings. The highest BCUT2D eigenvalue weighted by Gasteiger charge is 2.29. The second kappa shape index (κ2) is 9.50. The lowest BCUT2D eigenvalue weighted by Crippen LogP contribution is -2.40. The van der Waals surface area contributed by atoms with Gasteiger partial charge in [0.05, 0.1) is 12.2 Å². The van der Waals surface area contributed by atoms with Crippen LogP contribution in [0.15, 0.2) is 24.3 Å². The first-order valence-corrected chi connectivity index (χ1v) is 10.9. The van der Waals surface area contributed by atoms with Crippen LogP contribution in [0.4, 0.5) is 10.2 Å². The lowest BCUT2D eigenvalue weighted by molar-refractivity contribution is -0.134. The van der Waals surface area contributed by atoms with E-state index in [-0.39, 0.29) is 30.2 Å². The number of carbonyl (C=O) groups excluding carboxylic acids is 2. The average molecular weight is 442 g/mol. The Labute approximate surface area is 186 Å². The number of fused-ring (bicyclic) bond motifs is 1. The van der Waals surface area contributed by atoms with Crippen LogP contribution >= 0.6 is 0 Å². The summed E-state index contributed by atoms with van der Waals surface area (Å²) < 4.78 is 18.6. The third kappa shape index (κ3) is 4.81. The van der Waals surface area contributed by atoms with Crippen LogP contribution in [0.2, 0.25) is 0 Å². The van der Waals surface area contributed by atoms with Crippen molar-refractivity contribution in [2.45, 2.75) is 38.6 Å². The van der Waals surface area contributed by atoms with E-state index in [1.165, 1.54) is 24.3 Å². The number of carbonyl (C=O) groups is 2. The maximum atomic E-state index is 13.0. The van der Waals surface area contributed by atoms with Crippen LogP contribution in [0.3, 0.4) is 0 Å². The molecule has 0 spiro atoms. The summed E-state index contributed by atoms with van der Waals surface area (Å²) in [6, 6.07) is 5.60. The first kappa shape index (κ1) is 22.0. The van der Waals surface area contributed by atoms with Crippen molar-refractivity contribution >= 4 is 17.6 Å². The standard InChI is InChI=1S/C23H28FN5O3/c1-15(30)28-10-3-4-16(12-28)22-26-20-13-29(11-9-19(20)23(25-2)27-22)21(31)14-32-18-7-5-17(24)6-8-18/h5-8,16H,3-4,9-14H2,1-2H3,(H,25,26,27). The maximum Gasteiger partial charge on any atom is 0.260 e. The van der Waals surface area contributed by atoms with Gasteiger partial charge in [0.2, 0.25) is 5.91 Å². The second-order valence-electron chi connectivity index (χ2n) is 8.22. The molecule has 32 heavy (non-hydrogen) atoms. The minimum Gasteiger partial charge on any atom is -0.484 e. The summed E-state index contributed by atoms with van der Waals surface area (Å²) >= 11 is 0. The van der Waals surface area contributed by atoms with Crippen molar-refractivity contribution in [3.8, 4) is 5.75 Å². The molecule has 1 aromatic carbocycles. The van der Waals surface area contributed by atoms with E-state index in [1.807, 2.05) is 11.9 Å². The van der Waals surface area contributed by atoms with Crippen molar-refractivity contribution in [1.29, 1.82) is 0 Å². The number of hydrogen-bond acceptors (Lipinski definition) is 6. The Balaban J connectivity index is 1.47. The number of ether oxygens (including phenoxy) is 1. The van der Waals surface area contributed by atoms with Gasteiger partial charge < -0.3 is 19.9 Å². The zero-order chi connectivity index (χ0) is 22.7. The summed E-state index contributed by atoms with van der Waals surface area (Å²) in [6.45, 7) is 3.80. The first-order chi connectivity index (χ1) is 15.4. The SMILES string of the molecule is CNc1nc(C2CCCN(C(C)=O)C2)nc2c1CCN(C(=O)COc1ccc(F)cc1)C2. The van der Waals surface area contributed by atoms with Crippen molar-refractivity contribution in [3.05, 3.63) is 47.2 Å². The van der Waals surface area contributed by atoms with E-state index in [0.717, 1.165) is 42.3 Å². The van der Waals surface area contributed by atoms with E-state index < -0.39 is 0 Å². The number of halogens is 1. The molecule has 0 aliphatic carbocycles. The zero-order valence-corrected chi connectivity index (χ0v) is 18.4. The number of nitrogens with one attached hydrogen (secondary N) is 1. The second-order valence-corrected chi connectivity index (χ2v) is 8.22. The molecule has 2 aromatic rings. The van der Waals surface area contributed by atoms with E-state index in [1.54, 1.807) is 11.8 Å². The van der Waals surface area contributed by atoms with Gasteiger partial charge in [-0.3, -0.25) is 9.59 Å². The maximum absolute atomic E-state index is 13.0. The average Bonchev–Trinajstić information content (AvgIpc) is 2.82. The number of benzene rings is 1. The minimum atomic E-state index is -0.350. The molecule has 1 aromatic heterocycles. The summed E-state index contributed by atoms with van der Waals surface area (Å²) in [7, 11) is 1.84. The smallest absolute Gasteiger partial charge is 0.260 e. The molecule has 4 rings (SSSR count). The van der Waals surface area contributed by atoms with Gasteiger partial charge in [0.25, 0.3) is 5.91 Å². The molecule has 0 saturated carbocycles. The van der Waals surface area contributed by atoms with Gasteiger partial charge in [0.15, 0.2) is 6.61 Å². The van der Waals surface area contributed by atoms with Crippen molar-refractivity contribution in [2.24, 2.45) is 0 Å². The third-order valence-electron chi connectivity index (χ3n) is 6.08. The monoisotopic (exact) mass is 441 g/mol. The molecule has 2 aliphatic heterocycles. The Hall–Kier alpha value is -3.23. The molecule has 1 atom stereocenters. The summed E-state index contributed by atoms with van der Waals surface area (Å²) in [5.41, 5.74) is 1.86. The van der Waals surface area contributed by atoms with Crippen LogP contribution < -0.4 is 10.1 Å². The summed E-state index contributed by atoms with van der Waals surface area (Å²) in [5, 5.41) is 3.17. The van der Waals surface area contributed by atoms with Crippen LogP contribution in [0, 0.1) is 5.82 Å². The fourth-order valence-corrected chi connectivity index (χ4v) is 4.29. The highest BCUT2D eigenvalue weighted by atomic mass is 19.1. The molecular formula is C23H28FN5O3. The van der Waals surface area contributed by atoms with Gasteiger partial charge >= 0.3 is 0 Å². The van der Waals surface area contributed by atoms with Gasteiger partial charge in [-0.2, -0.15) is 0 Å². The molecule has 170 valence electrons. The summed E-state index contributed by atoms with van der Waals surface area (Å²) in [4.78, 5) is 37.7. The van der Waals surface area contributed by atoms with Gasteiger partial charge in [0, 0.05) is 45.1 Å². The van der Waals surface area contributed by atoms with Gasteiger partial charge in [-0.05, 0) is 43.5 Å². The largest absolute Gasteiger partial charge is 0.484 e. The van der Waals surface area contributed by atoms with Crippen molar-refractivity contribution in [2.75, 3.05) is 38.6 Å². The van der Waals surface area contributed by atoms with Gasteiger partial charge in [-0.25, -0.2) is 14.4 Å². The van der Waals surface area contributed by atoms with E-state index >= 15 is 0 Å². The molecule has 8 nitrogen and oxygen atoms in total. The van der Waals surface area contributed by atoms with Crippen molar-refractivity contribution in [3.63, 3.8) is 0 Å². The van der Waals surface area contributed by atoms with E-state index in [2.05, 4.69) is 5.32 Å². The number of amides is 2. The number of piperidine rings is 1. The van der Waals surface area contributed by atoms with Crippen LogP contribution in [0.5, 0.6) is 5.75 Å². The van der Waals surface area contributed by atoms with Gasteiger partial charge in [-0.15, -0.1) is 0 Å². The molecule has 1 saturated heterocycles. The Morgan fingerprint density at radius 3 is 2.69 bits per heavy atom. The predicted molar refractivity (Wildman–Crippen MR) is 117 cm³/mol. The van der Waals surface area contributed by atoms with Crippen molar-refractivity contribution in [1.82, 2.24) is 19.8 Å². The summed E-state index contributed by atoms with van der Waals surface area (Å²) in [5.74, 6) is 1.61. The van der Waals surface area contributed by atoms with Gasteiger partial charge in [-0.1, -0.05) is 0 Å². The fraction of sp³-hybridized carbons (Fsp3) is 0.478. The molecule has 0 radical (unpaired) electrons. The zero-order valence-electron chi connectivity index (χ0n) is 18.4. The normalized spacial score (nSPS) is 18.2. The Kier molecular flexibility index (Phi) is 6.53. The molecular weight excluding hydrogens is 413 g/mol. The summed E-state index contributed by atoms with van der Waals surface area (Å²) in [6.07, 6.45) is 2.50. The third-order valence-corrected chi connectivity index (χ3v) is 6.08. The highest BCUT2D eigenvalue weighted by molar-refractivity contribution is 5.78. The number of likely N-dealkylation sites (tertiary alicyclic amines) is 1. The lowest BCUT2D eigenvalue weighted by atomic mass is 9.96. The number of nitrogens with zero attached hydrogens (tertiary/aromatic N) is 4. The molecule has 9 heteroatoms. The predicted octanol–water partition coefficient (Wildman–Crippen LogP) is 2.35. The van der Waals surface area contributed by atoms with Crippen LogP contribution in [0.25, 0.3) is 0 Å². The molecule has 1 unspecified atom stereocenters. The van der Waals surface area contributed by atoms with Crippen LogP contribution in [-0.4, -0.2) is 64.9 Å². The van der Waals surface area contributed by atoms with E-state index in [0.29, 0.717) is 31.8 Å². The van der Waals surface area contributed by atoms with E-state index in [4.69, 9.17) is 14.7 Å². The number of anilines is 1. The van der Waals surface area contributed by atoms with E-state index in [9.17, 15) is 14.0 Å². The van der Waals surface area contributed by atoms with Crippen molar-refractivity contribution < 1.29 is 18.7 Å². The minimum absolute atomic E-state index is 0.0689. The molecule has 1 fully saturated rings. The van der Waals surface area contributed by atoms with Crippen LogP contribution in [0.1, 0.15) is 42.8 Å². The molecule has 0 bridgehead atoms. The number of hydrogen-bond donors (Lipinski definition) is 1. The molecule has 2 amide bonds. The quantitative estimate of drug-likeness (QED) is 0.767. The lowest BCUT2D eigenvalue weighted by Gasteiger charge is -2.33. The topological polar surface area (TPSA) is 87.7 Å². The number of aromatic nitrogens is 2. The Morgan fingerprint density at radius 2 is 1.97 bits per heavy atom. The van der Waals surface area contributed by atoms with Gasteiger partial charge in [0.1, 0.15) is 23.2 Å². The number of rotatable bonds is 5. The first-order valence-electron chi connectivity index (χ1n) is 10.9. The highest BCUT2D eigenvalue weighted by Crippen LogP contribution is 2.30. The Morgan fingerprint density at radius 1 is 1.19 bits per heavy atom. The molecule has 1 N–H and O–H groups in total. The van der Waals surface area contributed by atoms with Crippen LogP contribution in [-0.2, 0) is 22.6 Å². The Bertz CT molecular complexity index is 998. The fourth-order valence-electron chi connectivity index (χ4n) is 4.29.